The Hall–Kier alpha value is -6.40. The van der Waals surface area contributed by atoms with Crippen LogP contribution in [0.5, 0.6) is 11.5 Å². The number of fused-ring (bicyclic) bond motifs is 1. The highest BCUT2D eigenvalue weighted by Crippen LogP contribution is 2.37. The molecule has 2 aromatic heterocycles. The average Bonchev–Trinajstić information content (AvgIpc) is 3.23. The molecule has 0 amide bonds. The van der Waals surface area contributed by atoms with Crippen LogP contribution in [0.2, 0.25) is 5.02 Å². The van der Waals surface area contributed by atoms with E-state index in [4.69, 9.17) is 36.3 Å². The van der Waals surface area contributed by atoms with Crippen LogP contribution in [0.25, 0.3) is 33.3 Å². The molecule has 0 saturated carbocycles. The molecule has 2 atom stereocenters. The van der Waals surface area contributed by atoms with Crippen LogP contribution in [0.3, 0.4) is 0 Å². The van der Waals surface area contributed by atoms with Gasteiger partial charge < -0.3 is 40.5 Å². The smallest absolute Gasteiger partial charge is 0.306 e. The largest absolute Gasteiger partial charge is 0.488 e. The minimum atomic E-state index is -1.10. The Labute approximate surface area is 358 Å². The first-order valence-corrected chi connectivity index (χ1v) is 20.0. The summed E-state index contributed by atoms with van der Waals surface area (Å²) in [5, 5.41) is 54.6. The van der Waals surface area contributed by atoms with Crippen molar-refractivity contribution in [1.82, 2.24) is 20.6 Å². The number of carbonyl (C=O) groups is 2. The van der Waals surface area contributed by atoms with Crippen molar-refractivity contribution in [1.29, 1.82) is 5.26 Å². The molecule has 61 heavy (non-hydrogen) atoms. The summed E-state index contributed by atoms with van der Waals surface area (Å²) in [6.45, 7) is 5.38. The van der Waals surface area contributed by atoms with Crippen LogP contribution in [0.1, 0.15) is 51.8 Å². The number of rotatable bonds is 20. The fraction of sp³-hybridized carbons (Fsp3) is 0.255. The topological polar surface area (TPSA) is 207 Å². The van der Waals surface area contributed by atoms with Crippen molar-refractivity contribution in [3.8, 4) is 40.0 Å². The molecule has 314 valence electrons. The summed E-state index contributed by atoms with van der Waals surface area (Å²) in [5.41, 5.74) is 10.6. The van der Waals surface area contributed by atoms with Gasteiger partial charge in [0.25, 0.3) is 0 Å². The number of hydrogen-bond donors (Lipinski definition) is 6. The van der Waals surface area contributed by atoms with E-state index in [1.165, 1.54) is 6.20 Å². The molecule has 4 aromatic carbocycles. The van der Waals surface area contributed by atoms with Crippen LogP contribution in [-0.4, -0.2) is 67.6 Å². The zero-order valence-corrected chi connectivity index (χ0v) is 34.4. The van der Waals surface area contributed by atoms with E-state index in [2.05, 4.69) is 53.7 Å². The highest BCUT2D eigenvalue weighted by atomic mass is 35.5. The molecule has 0 aliphatic carbocycles. The van der Waals surface area contributed by atoms with Crippen LogP contribution in [-0.2, 0) is 35.9 Å². The third-order valence-corrected chi connectivity index (χ3v) is 10.4. The Morgan fingerprint density at radius 1 is 0.738 bits per heavy atom. The number of nitrogens with zero attached hydrogens (tertiary/aromatic N) is 3. The summed E-state index contributed by atoms with van der Waals surface area (Å²) in [7, 11) is 0. The molecule has 0 spiro atoms. The number of carboxylic acids is 2. The third-order valence-electron chi connectivity index (χ3n) is 10.1. The number of pyridine rings is 2. The van der Waals surface area contributed by atoms with E-state index in [-0.39, 0.29) is 39.3 Å². The van der Waals surface area contributed by atoms with E-state index in [0.29, 0.717) is 39.8 Å². The molecule has 0 radical (unpaired) electrons. The number of aliphatic hydroxyl groups is 2. The van der Waals surface area contributed by atoms with E-state index in [0.717, 1.165) is 55.5 Å². The first kappa shape index (κ1) is 44.2. The second-order valence-electron chi connectivity index (χ2n) is 14.7. The predicted octanol–water partition coefficient (Wildman–Crippen LogP) is 7.11. The summed E-state index contributed by atoms with van der Waals surface area (Å²) in [6, 6.07) is 29.4. The Morgan fingerprint density at radius 2 is 1.41 bits per heavy atom. The highest BCUT2D eigenvalue weighted by molar-refractivity contribution is 6.32. The number of hydrogen-bond acceptors (Lipinski definition) is 11. The van der Waals surface area contributed by atoms with E-state index in [1.54, 1.807) is 24.4 Å². The molecule has 13 nitrogen and oxygen atoms in total. The van der Waals surface area contributed by atoms with Gasteiger partial charge in [-0.1, -0.05) is 60.1 Å². The maximum absolute atomic E-state index is 11.0. The minimum absolute atomic E-state index is 0.0415. The van der Waals surface area contributed by atoms with Gasteiger partial charge in [-0.25, -0.2) is 4.98 Å². The van der Waals surface area contributed by atoms with E-state index >= 15 is 0 Å². The number of halogens is 1. The van der Waals surface area contributed by atoms with Crippen LogP contribution < -0.4 is 20.1 Å². The lowest BCUT2D eigenvalue weighted by Gasteiger charge is -2.18. The number of nitriles is 1. The second kappa shape index (κ2) is 20.7. The summed E-state index contributed by atoms with van der Waals surface area (Å²) >= 11 is 6.77. The molecule has 6 aromatic rings. The molecule has 6 N–H and O–H groups in total. The monoisotopic (exact) mass is 843 g/mol. The Kier molecular flexibility index (Phi) is 15.0. The maximum Gasteiger partial charge on any atom is 0.306 e. The molecule has 0 aliphatic rings. The zero-order valence-electron chi connectivity index (χ0n) is 33.7. The number of benzene rings is 4. The lowest BCUT2D eigenvalue weighted by Crippen LogP contribution is -2.28. The molecule has 2 heterocycles. The minimum Gasteiger partial charge on any atom is -0.488 e. The van der Waals surface area contributed by atoms with Gasteiger partial charge in [0.05, 0.1) is 46.8 Å². The van der Waals surface area contributed by atoms with Crippen molar-refractivity contribution >= 4 is 34.4 Å². The first-order chi connectivity index (χ1) is 29.4. The molecular formula is C47H46ClN5O8. The fourth-order valence-corrected chi connectivity index (χ4v) is 7.22. The van der Waals surface area contributed by atoms with Crippen molar-refractivity contribution in [2.24, 2.45) is 0 Å². The van der Waals surface area contributed by atoms with Gasteiger partial charge in [0, 0.05) is 66.7 Å². The normalized spacial score (nSPS) is 12.1. The molecule has 14 heteroatoms. The van der Waals surface area contributed by atoms with Gasteiger partial charge in [-0.3, -0.25) is 14.6 Å². The van der Waals surface area contributed by atoms with Crippen molar-refractivity contribution in [3.05, 3.63) is 141 Å². The van der Waals surface area contributed by atoms with Gasteiger partial charge in [-0.05, 0) is 77.6 Å². The standard InChI is InChI=1S/C47H46ClN5O8/c1-28-34(27-61-45-18-44(60-26-32-13-31(19-49)21-50-22-32)35(15-41(45)48)23-52-25-37(55)17-47(58)59)5-3-6-38(28)39-7-4-8-40(29(39)2)43-12-10-33-14-30(9-11-42(33)53-43)20-51-24-36(54)16-46(56)57/h3-15,18,21-22,36-37,51-52,54-55H,16-17,20,23-27H2,1-2H3,(H,56,57)(H,58,59). The Balaban J connectivity index is 1.19. The van der Waals surface area contributed by atoms with Crippen molar-refractivity contribution in [2.75, 3.05) is 13.1 Å². The third kappa shape index (κ3) is 11.9. The summed E-state index contributed by atoms with van der Waals surface area (Å²) in [6.07, 6.45) is 0.343. The second-order valence-corrected chi connectivity index (χ2v) is 15.1. The zero-order chi connectivity index (χ0) is 43.5. The van der Waals surface area contributed by atoms with Crippen molar-refractivity contribution in [2.45, 2.75) is 65.2 Å². The van der Waals surface area contributed by atoms with Crippen molar-refractivity contribution < 1.29 is 39.5 Å². The first-order valence-electron chi connectivity index (χ1n) is 19.6. The molecule has 2 unspecified atom stereocenters. The predicted molar refractivity (Wildman–Crippen MR) is 231 cm³/mol. The van der Waals surface area contributed by atoms with E-state index < -0.39 is 30.6 Å². The number of aliphatic hydroxyl groups excluding tert-OH is 2. The van der Waals surface area contributed by atoms with Crippen LogP contribution in [0.4, 0.5) is 0 Å². The van der Waals surface area contributed by atoms with Gasteiger partial charge in [-0.15, -0.1) is 0 Å². The lowest BCUT2D eigenvalue weighted by atomic mass is 9.90. The van der Waals surface area contributed by atoms with E-state index in [9.17, 15) is 25.1 Å². The van der Waals surface area contributed by atoms with Gasteiger partial charge in [-0.2, -0.15) is 5.26 Å². The van der Waals surface area contributed by atoms with Crippen LogP contribution in [0, 0.1) is 25.2 Å². The van der Waals surface area contributed by atoms with Gasteiger partial charge >= 0.3 is 11.9 Å². The number of carboxylic acid groups (broad SMARTS) is 2. The summed E-state index contributed by atoms with van der Waals surface area (Å²) in [5.74, 6) is -1.30. The maximum atomic E-state index is 11.0. The number of nitrogens with one attached hydrogen (secondary N) is 2. The Bertz CT molecular complexity index is 2580. The van der Waals surface area contributed by atoms with Crippen LogP contribution >= 0.6 is 11.6 Å². The SMILES string of the molecule is Cc1c(COc2cc(OCc3cncc(C#N)c3)c(CNCC(O)CC(=O)O)cc2Cl)cccc1-c1cccc(-c2ccc3cc(CNCC(O)CC(=O)O)ccc3n2)c1C. The molecule has 0 aliphatic heterocycles. The van der Waals surface area contributed by atoms with Gasteiger partial charge in [0.2, 0.25) is 0 Å². The number of aliphatic carboxylic acids is 2. The molecule has 0 saturated heterocycles. The molecule has 6 rings (SSSR count). The summed E-state index contributed by atoms with van der Waals surface area (Å²) < 4.78 is 12.5. The Morgan fingerprint density at radius 3 is 2.13 bits per heavy atom. The number of aromatic nitrogens is 2. The molecular weight excluding hydrogens is 798 g/mol. The lowest BCUT2D eigenvalue weighted by molar-refractivity contribution is -0.140. The highest BCUT2D eigenvalue weighted by Gasteiger charge is 2.17. The fourth-order valence-electron chi connectivity index (χ4n) is 6.98. The molecule has 0 bridgehead atoms. The quantitative estimate of drug-likeness (QED) is 0.0454. The van der Waals surface area contributed by atoms with E-state index in [1.807, 2.05) is 48.5 Å². The van der Waals surface area contributed by atoms with Crippen LogP contribution in [0.15, 0.2) is 97.3 Å². The van der Waals surface area contributed by atoms with Crippen molar-refractivity contribution in [3.63, 3.8) is 0 Å². The average molecular weight is 844 g/mol. The summed E-state index contributed by atoms with van der Waals surface area (Å²) in [4.78, 5) is 31.0. The molecule has 0 fully saturated rings. The number of ether oxygens (including phenoxy) is 2. The van der Waals surface area contributed by atoms with Gasteiger partial charge in [0.15, 0.2) is 0 Å². The van der Waals surface area contributed by atoms with Gasteiger partial charge in [0.1, 0.15) is 30.8 Å².